The zero-order valence-electron chi connectivity index (χ0n) is 16.0. The van der Waals surface area contributed by atoms with Gasteiger partial charge in [0, 0.05) is 30.1 Å². The number of halogens is 1. The Morgan fingerprint density at radius 2 is 1.71 bits per heavy atom. The van der Waals surface area contributed by atoms with Crippen molar-refractivity contribution in [1.82, 2.24) is 4.90 Å². The number of carbonyl (C=O) groups is 2. The molecule has 0 spiro atoms. The molecular weight excluding hydrogens is 375 g/mol. The normalized spacial score (nSPS) is 14.7. The summed E-state index contributed by atoms with van der Waals surface area (Å²) in [6, 6.07) is 13.3. The summed E-state index contributed by atoms with van der Waals surface area (Å²) >= 11 is 1.50. The standard InChI is InChI=1S/C22H25FN2O2S/c1-16-10-12-25(13-11-16)22(27)18-4-2-17(3-5-18)14-28-15-21(26)24-20-8-6-19(23)7-9-20/h2-9,16H,10-15H2,1H3,(H,24,26). The van der Waals surface area contributed by atoms with Gasteiger partial charge in [-0.1, -0.05) is 19.1 Å². The van der Waals surface area contributed by atoms with Crippen LogP contribution in [0.2, 0.25) is 0 Å². The van der Waals surface area contributed by atoms with Crippen LogP contribution in [-0.4, -0.2) is 35.6 Å². The summed E-state index contributed by atoms with van der Waals surface area (Å²) in [6.45, 7) is 3.90. The molecule has 28 heavy (non-hydrogen) atoms. The molecule has 0 atom stereocenters. The molecule has 1 aliphatic rings. The monoisotopic (exact) mass is 400 g/mol. The van der Waals surface area contributed by atoms with E-state index in [4.69, 9.17) is 0 Å². The van der Waals surface area contributed by atoms with Gasteiger partial charge < -0.3 is 10.2 Å². The smallest absolute Gasteiger partial charge is 0.253 e. The largest absolute Gasteiger partial charge is 0.339 e. The van der Waals surface area contributed by atoms with Gasteiger partial charge >= 0.3 is 0 Å². The van der Waals surface area contributed by atoms with Crippen molar-refractivity contribution in [2.24, 2.45) is 5.92 Å². The third-order valence-corrected chi connectivity index (χ3v) is 5.91. The van der Waals surface area contributed by atoms with Crippen LogP contribution in [0.25, 0.3) is 0 Å². The quantitative estimate of drug-likeness (QED) is 0.773. The number of thioether (sulfide) groups is 1. The first-order valence-electron chi connectivity index (χ1n) is 9.52. The molecule has 0 unspecified atom stereocenters. The number of anilines is 1. The first kappa shape index (κ1) is 20.4. The van der Waals surface area contributed by atoms with Crippen molar-refractivity contribution in [2.75, 3.05) is 24.2 Å². The average Bonchev–Trinajstić information content (AvgIpc) is 2.70. The summed E-state index contributed by atoms with van der Waals surface area (Å²) in [7, 11) is 0. The second-order valence-electron chi connectivity index (χ2n) is 7.22. The van der Waals surface area contributed by atoms with Crippen molar-refractivity contribution in [3.63, 3.8) is 0 Å². The third-order valence-electron chi connectivity index (χ3n) is 4.90. The van der Waals surface area contributed by atoms with E-state index in [-0.39, 0.29) is 17.6 Å². The molecule has 4 nitrogen and oxygen atoms in total. The van der Waals surface area contributed by atoms with E-state index in [9.17, 15) is 14.0 Å². The van der Waals surface area contributed by atoms with Crippen LogP contribution in [0.5, 0.6) is 0 Å². The summed E-state index contributed by atoms with van der Waals surface area (Å²) in [4.78, 5) is 26.4. The Hall–Kier alpha value is -2.34. The summed E-state index contributed by atoms with van der Waals surface area (Å²) in [5.74, 6) is 1.34. The molecule has 1 heterocycles. The van der Waals surface area contributed by atoms with E-state index in [1.807, 2.05) is 29.2 Å². The summed E-state index contributed by atoms with van der Waals surface area (Å²) in [5.41, 5.74) is 2.38. The minimum atomic E-state index is -0.329. The Bertz CT molecular complexity index is 800. The predicted molar refractivity (Wildman–Crippen MR) is 112 cm³/mol. The number of piperidine rings is 1. The molecule has 0 aromatic heterocycles. The van der Waals surface area contributed by atoms with Gasteiger partial charge in [0.05, 0.1) is 5.75 Å². The van der Waals surface area contributed by atoms with E-state index >= 15 is 0 Å². The number of benzene rings is 2. The number of likely N-dealkylation sites (tertiary alicyclic amines) is 1. The van der Waals surface area contributed by atoms with Gasteiger partial charge in [-0.2, -0.15) is 0 Å². The van der Waals surface area contributed by atoms with Gasteiger partial charge in [0.2, 0.25) is 5.91 Å². The van der Waals surface area contributed by atoms with Gasteiger partial charge in [0.1, 0.15) is 5.82 Å². The second-order valence-corrected chi connectivity index (χ2v) is 8.21. The number of hydrogen-bond donors (Lipinski definition) is 1. The molecule has 2 amide bonds. The summed E-state index contributed by atoms with van der Waals surface area (Å²) in [5, 5.41) is 2.74. The van der Waals surface area contributed by atoms with Gasteiger partial charge in [0.15, 0.2) is 0 Å². The second kappa shape index (κ2) is 9.73. The molecular formula is C22H25FN2O2S. The fraction of sp³-hybridized carbons (Fsp3) is 0.364. The zero-order valence-corrected chi connectivity index (χ0v) is 16.8. The van der Waals surface area contributed by atoms with E-state index in [2.05, 4.69) is 12.2 Å². The van der Waals surface area contributed by atoms with Crippen LogP contribution in [0, 0.1) is 11.7 Å². The maximum absolute atomic E-state index is 12.9. The Morgan fingerprint density at radius 1 is 1.07 bits per heavy atom. The molecule has 0 bridgehead atoms. The lowest BCUT2D eigenvalue weighted by atomic mass is 9.98. The summed E-state index contributed by atoms with van der Waals surface area (Å²) < 4.78 is 12.9. The van der Waals surface area contributed by atoms with Crippen molar-refractivity contribution in [1.29, 1.82) is 0 Å². The van der Waals surface area contributed by atoms with E-state index < -0.39 is 0 Å². The van der Waals surface area contributed by atoms with Gasteiger partial charge in [-0.05, 0) is 60.7 Å². The molecule has 2 aromatic carbocycles. The topological polar surface area (TPSA) is 49.4 Å². The predicted octanol–water partition coefficient (Wildman–Crippen LogP) is 4.57. The first-order valence-corrected chi connectivity index (χ1v) is 10.7. The first-order chi connectivity index (χ1) is 13.5. The van der Waals surface area contributed by atoms with Gasteiger partial charge in [-0.3, -0.25) is 9.59 Å². The van der Waals surface area contributed by atoms with Crippen molar-refractivity contribution in [2.45, 2.75) is 25.5 Å². The zero-order chi connectivity index (χ0) is 19.9. The van der Waals surface area contributed by atoms with Crippen LogP contribution in [0.3, 0.4) is 0 Å². The van der Waals surface area contributed by atoms with Crippen molar-refractivity contribution in [3.05, 3.63) is 65.5 Å². The molecule has 1 N–H and O–H groups in total. The lowest BCUT2D eigenvalue weighted by Gasteiger charge is -2.30. The fourth-order valence-corrected chi connectivity index (χ4v) is 3.92. The maximum Gasteiger partial charge on any atom is 0.253 e. The highest BCUT2D eigenvalue weighted by molar-refractivity contribution is 7.99. The highest BCUT2D eigenvalue weighted by Gasteiger charge is 2.21. The molecule has 3 rings (SSSR count). The van der Waals surface area contributed by atoms with Crippen LogP contribution in [0.15, 0.2) is 48.5 Å². The highest BCUT2D eigenvalue weighted by Crippen LogP contribution is 2.19. The highest BCUT2D eigenvalue weighted by atomic mass is 32.2. The Morgan fingerprint density at radius 3 is 2.36 bits per heavy atom. The Balaban J connectivity index is 1.43. The van der Waals surface area contributed by atoms with Crippen LogP contribution in [0.1, 0.15) is 35.7 Å². The van der Waals surface area contributed by atoms with E-state index in [1.54, 1.807) is 0 Å². The maximum atomic E-state index is 12.9. The van der Waals surface area contributed by atoms with E-state index in [1.165, 1.54) is 36.0 Å². The molecule has 6 heteroatoms. The number of hydrogen-bond acceptors (Lipinski definition) is 3. The van der Waals surface area contributed by atoms with Crippen molar-refractivity contribution < 1.29 is 14.0 Å². The van der Waals surface area contributed by atoms with Crippen LogP contribution in [-0.2, 0) is 10.5 Å². The third kappa shape index (κ3) is 5.83. The van der Waals surface area contributed by atoms with Crippen LogP contribution in [0.4, 0.5) is 10.1 Å². The average molecular weight is 401 g/mol. The molecule has 2 aromatic rings. The molecule has 0 saturated carbocycles. The molecule has 1 fully saturated rings. The molecule has 1 saturated heterocycles. The fourth-order valence-electron chi connectivity index (χ4n) is 3.13. The minimum Gasteiger partial charge on any atom is -0.339 e. The van der Waals surface area contributed by atoms with Crippen LogP contribution < -0.4 is 5.32 Å². The van der Waals surface area contributed by atoms with Gasteiger partial charge in [-0.25, -0.2) is 4.39 Å². The number of rotatable bonds is 6. The SMILES string of the molecule is CC1CCN(C(=O)c2ccc(CSCC(=O)Nc3ccc(F)cc3)cc2)CC1. The van der Waals surface area contributed by atoms with Gasteiger partial charge in [-0.15, -0.1) is 11.8 Å². The number of nitrogens with one attached hydrogen (secondary N) is 1. The number of amides is 2. The van der Waals surface area contributed by atoms with E-state index in [0.29, 0.717) is 23.1 Å². The van der Waals surface area contributed by atoms with E-state index in [0.717, 1.165) is 37.1 Å². The minimum absolute atomic E-state index is 0.102. The van der Waals surface area contributed by atoms with Gasteiger partial charge in [0.25, 0.3) is 5.91 Å². The van der Waals surface area contributed by atoms with Crippen LogP contribution >= 0.6 is 11.8 Å². The Labute approximate surface area is 169 Å². The molecule has 0 aliphatic carbocycles. The lowest BCUT2D eigenvalue weighted by Crippen LogP contribution is -2.37. The lowest BCUT2D eigenvalue weighted by molar-refractivity contribution is -0.113. The molecule has 1 aliphatic heterocycles. The molecule has 148 valence electrons. The summed E-state index contributed by atoms with van der Waals surface area (Å²) in [6.07, 6.45) is 2.14. The van der Waals surface area contributed by atoms with Crippen molar-refractivity contribution >= 4 is 29.3 Å². The number of carbonyl (C=O) groups excluding carboxylic acids is 2. The van der Waals surface area contributed by atoms with Crippen molar-refractivity contribution in [3.8, 4) is 0 Å². The molecule has 0 radical (unpaired) electrons. The Kier molecular flexibility index (Phi) is 7.09. The number of nitrogens with zero attached hydrogens (tertiary/aromatic N) is 1.